The summed E-state index contributed by atoms with van der Waals surface area (Å²) in [6.45, 7) is 0. The van der Waals surface area contributed by atoms with Crippen LogP contribution in [0.4, 0.5) is 0 Å². The average molecular weight is 194 g/mol. The van der Waals surface area contributed by atoms with Gasteiger partial charge in [0.2, 0.25) is 0 Å². The van der Waals surface area contributed by atoms with Crippen molar-refractivity contribution in [1.29, 1.82) is 0 Å². The van der Waals surface area contributed by atoms with Crippen LogP contribution < -0.4 is 0 Å². The lowest BCUT2D eigenvalue weighted by Gasteiger charge is -1.90. The zero-order chi connectivity index (χ0) is 9.26. The van der Waals surface area contributed by atoms with E-state index in [0.717, 1.165) is 10.2 Å². The maximum absolute atomic E-state index is 11.1. The van der Waals surface area contributed by atoms with Crippen LogP contribution in [0.2, 0.25) is 0 Å². The van der Waals surface area contributed by atoms with Crippen LogP contribution in [0.15, 0.2) is 18.6 Å². The van der Waals surface area contributed by atoms with Gasteiger partial charge in [-0.25, -0.2) is 14.8 Å². The molecule has 2 heterocycles. The third-order valence-electron chi connectivity index (χ3n) is 1.58. The quantitative estimate of drug-likeness (QED) is 0.645. The lowest BCUT2D eigenvalue weighted by Crippen LogP contribution is -1.96. The second-order valence-electron chi connectivity index (χ2n) is 2.37. The van der Waals surface area contributed by atoms with E-state index in [2.05, 4.69) is 14.7 Å². The molecule has 0 radical (unpaired) electrons. The molecule has 0 spiro atoms. The summed E-state index contributed by atoms with van der Waals surface area (Å²) in [6, 6.07) is 1.70. The van der Waals surface area contributed by atoms with Crippen molar-refractivity contribution in [2.24, 2.45) is 0 Å². The minimum absolute atomic E-state index is 0.331. The van der Waals surface area contributed by atoms with Gasteiger partial charge in [0.15, 0.2) is 0 Å². The van der Waals surface area contributed by atoms with E-state index in [1.165, 1.54) is 24.8 Å². The number of hydrogen-bond acceptors (Lipinski definition) is 5. The first kappa shape index (κ1) is 8.12. The molecule has 2 aromatic rings. The first-order valence-corrected chi connectivity index (χ1v) is 4.41. The zero-order valence-electron chi connectivity index (χ0n) is 6.85. The number of carbonyl (C=O) groups is 1. The second-order valence-corrected chi connectivity index (χ2v) is 3.46. The topological polar surface area (TPSA) is 52.1 Å². The maximum atomic E-state index is 11.1. The zero-order valence-corrected chi connectivity index (χ0v) is 7.67. The van der Waals surface area contributed by atoms with E-state index in [-0.39, 0.29) is 5.97 Å². The highest BCUT2D eigenvalue weighted by atomic mass is 32.1. The van der Waals surface area contributed by atoms with Gasteiger partial charge in [0.05, 0.1) is 17.3 Å². The van der Waals surface area contributed by atoms with Gasteiger partial charge >= 0.3 is 5.97 Å². The summed E-state index contributed by atoms with van der Waals surface area (Å²) in [7, 11) is 1.36. The van der Waals surface area contributed by atoms with Gasteiger partial charge in [0, 0.05) is 6.20 Å². The number of fused-ring (bicyclic) bond motifs is 1. The average Bonchev–Trinajstić information content (AvgIpc) is 2.59. The highest BCUT2D eigenvalue weighted by molar-refractivity contribution is 7.20. The molecular weight excluding hydrogens is 188 g/mol. The normalized spacial score (nSPS) is 10.2. The fourth-order valence-corrected chi connectivity index (χ4v) is 1.89. The fraction of sp³-hybridized carbons (Fsp3) is 0.125. The Labute approximate surface area is 78.2 Å². The Kier molecular flexibility index (Phi) is 1.94. The van der Waals surface area contributed by atoms with E-state index in [1.807, 2.05) is 0 Å². The summed E-state index contributed by atoms with van der Waals surface area (Å²) >= 11 is 1.33. The molecule has 0 fully saturated rings. The molecule has 2 aromatic heterocycles. The molecule has 0 aliphatic rings. The van der Waals surface area contributed by atoms with Gasteiger partial charge in [0.25, 0.3) is 0 Å². The predicted molar refractivity (Wildman–Crippen MR) is 48.8 cm³/mol. The van der Waals surface area contributed by atoms with Gasteiger partial charge in [-0.3, -0.25) is 0 Å². The molecular formula is C8H6N2O2S. The van der Waals surface area contributed by atoms with E-state index < -0.39 is 0 Å². The van der Waals surface area contributed by atoms with Crippen LogP contribution in [0.5, 0.6) is 0 Å². The predicted octanol–water partition coefficient (Wildman–Crippen LogP) is 1.48. The van der Waals surface area contributed by atoms with Crippen molar-refractivity contribution in [1.82, 2.24) is 9.97 Å². The molecule has 0 unspecified atom stereocenters. The highest BCUT2D eigenvalue weighted by Crippen LogP contribution is 2.22. The van der Waals surface area contributed by atoms with Gasteiger partial charge in [-0.05, 0) is 6.07 Å². The summed E-state index contributed by atoms with van der Waals surface area (Å²) in [5, 5.41) is 0. The molecule has 0 aromatic carbocycles. The van der Waals surface area contributed by atoms with Crippen LogP contribution >= 0.6 is 11.3 Å². The molecule has 2 rings (SSSR count). The minimum Gasteiger partial charge on any atom is -0.465 e. The number of nitrogens with zero attached hydrogens (tertiary/aromatic N) is 2. The van der Waals surface area contributed by atoms with E-state index in [4.69, 9.17) is 0 Å². The molecule has 0 saturated heterocycles. The molecule has 0 N–H and O–H groups in total. The maximum Gasteiger partial charge on any atom is 0.348 e. The van der Waals surface area contributed by atoms with Crippen molar-refractivity contribution in [2.45, 2.75) is 0 Å². The molecule has 0 aliphatic heterocycles. The van der Waals surface area contributed by atoms with Crippen molar-refractivity contribution in [3.05, 3.63) is 23.5 Å². The number of thiophene rings is 1. The van der Waals surface area contributed by atoms with Crippen LogP contribution in [-0.4, -0.2) is 23.0 Å². The summed E-state index contributed by atoms with van der Waals surface area (Å²) in [5.74, 6) is -0.331. The third kappa shape index (κ3) is 1.38. The van der Waals surface area contributed by atoms with Crippen LogP contribution in [0.3, 0.4) is 0 Å². The SMILES string of the molecule is COC(=O)c1cc2ncncc2s1. The largest absolute Gasteiger partial charge is 0.465 e. The second kappa shape index (κ2) is 3.10. The lowest BCUT2D eigenvalue weighted by atomic mass is 10.4. The first-order valence-electron chi connectivity index (χ1n) is 3.59. The molecule has 0 atom stereocenters. The Morgan fingerprint density at radius 3 is 3.15 bits per heavy atom. The van der Waals surface area contributed by atoms with E-state index in [9.17, 15) is 4.79 Å². The Morgan fingerprint density at radius 1 is 1.62 bits per heavy atom. The number of rotatable bonds is 1. The number of carbonyl (C=O) groups excluding carboxylic acids is 1. The molecule has 0 saturated carbocycles. The monoisotopic (exact) mass is 194 g/mol. The van der Waals surface area contributed by atoms with E-state index >= 15 is 0 Å². The lowest BCUT2D eigenvalue weighted by molar-refractivity contribution is 0.0606. The Hall–Kier alpha value is -1.49. The summed E-state index contributed by atoms with van der Waals surface area (Å²) < 4.78 is 5.48. The smallest absolute Gasteiger partial charge is 0.348 e. The van der Waals surface area contributed by atoms with Crippen LogP contribution in [0.1, 0.15) is 9.67 Å². The minimum atomic E-state index is -0.331. The summed E-state index contributed by atoms with van der Waals surface area (Å²) in [4.78, 5) is 19.5. The van der Waals surface area contributed by atoms with Gasteiger partial charge in [-0.15, -0.1) is 11.3 Å². The van der Waals surface area contributed by atoms with Crippen molar-refractivity contribution in [3.63, 3.8) is 0 Å². The molecule has 66 valence electrons. The van der Waals surface area contributed by atoms with Crippen LogP contribution in [0.25, 0.3) is 10.2 Å². The van der Waals surface area contributed by atoms with Crippen LogP contribution in [-0.2, 0) is 4.74 Å². The molecule has 0 aliphatic carbocycles. The van der Waals surface area contributed by atoms with E-state index in [1.54, 1.807) is 12.3 Å². The Balaban J connectivity index is 2.56. The number of ether oxygens (including phenoxy) is 1. The number of aromatic nitrogens is 2. The van der Waals surface area contributed by atoms with Gasteiger partial charge in [-0.1, -0.05) is 0 Å². The van der Waals surface area contributed by atoms with Crippen molar-refractivity contribution >= 4 is 27.5 Å². The highest BCUT2D eigenvalue weighted by Gasteiger charge is 2.10. The molecule has 13 heavy (non-hydrogen) atoms. The first-order chi connectivity index (χ1) is 6.31. The molecule has 0 amide bonds. The summed E-state index contributed by atoms with van der Waals surface area (Å²) in [5.41, 5.74) is 0.778. The number of methoxy groups -OCH3 is 1. The summed E-state index contributed by atoms with van der Waals surface area (Å²) in [6.07, 6.45) is 3.13. The van der Waals surface area contributed by atoms with Gasteiger partial charge in [0.1, 0.15) is 11.2 Å². The fourth-order valence-electron chi connectivity index (χ4n) is 0.987. The Morgan fingerprint density at radius 2 is 2.46 bits per heavy atom. The molecule has 4 nitrogen and oxygen atoms in total. The number of esters is 1. The van der Waals surface area contributed by atoms with Crippen molar-refractivity contribution in [2.75, 3.05) is 7.11 Å². The number of hydrogen-bond donors (Lipinski definition) is 0. The van der Waals surface area contributed by atoms with E-state index in [0.29, 0.717) is 4.88 Å². The van der Waals surface area contributed by atoms with Crippen molar-refractivity contribution in [3.8, 4) is 0 Å². The standard InChI is InChI=1S/C8H6N2O2S/c1-12-8(11)6-2-5-7(13-6)3-9-4-10-5/h2-4H,1H3. The van der Waals surface area contributed by atoms with Gasteiger partial charge in [-0.2, -0.15) is 0 Å². The van der Waals surface area contributed by atoms with Crippen molar-refractivity contribution < 1.29 is 9.53 Å². The third-order valence-corrected chi connectivity index (χ3v) is 2.62. The Bertz CT molecular complexity index is 419. The molecule has 5 heteroatoms. The molecule has 0 bridgehead atoms. The van der Waals surface area contributed by atoms with Crippen LogP contribution in [0, 0.1) is 0 Å². The van der Waals surface area contributed by atoms with Gasteiger partial charge < -0.3 is 4.74 Å².